The molecule has 0 aliphatic carbocycles. The van der Waals surface area contributed by atoms with Gasteiger partial charge in [-0.2, -0.15) is 0 Å². The maximum Gasteiger partial charge on any atom is 0.168 e. The minimum atomic E-state index is 0.544. The van der Waals surface area contributed by atoms with Gasteiger partial charge in [-0.3, -0.25) is 9.36 Å². The fourth-order valence-electron chi connectivity index (χ4n) is 1.61. The highest BCUT2D eigenvalue weighted by Crippen LogP contribution is 2.17. The van der Waals surface area contributed by atoms with Gasteiger partial charge in [0, 0.05) is 5.69 Å². The first-order valence-corrected chi connectivity index (χ1v) is 4.90. The number of hydrogen-bond donors (Lipinski definition) is 0. The van der Waals surface area contributed by atoms with Crippen LogP contribution in [0.4, 0.5) is 0 Å². The Labute approximate surface area is 93.5 Å². The topological polar surface area (TPSA) is 44.1 Å². The number of methoxy groups -OCH3 is 1. The fourth-order valence-corrected chi connectivity index (χ4v) is 1.61. The smallest absolute Gasteiger partial charge is 0.168 e. The molecule has 82 valence electrons. The molecule has 4 nitrogen and oxygen atoms in total. The number of hydrogen-bond acceptors (Lipinski definition) is 3. The summed E-state index contributed by atoms with van der Waals surface area (Å²) in [5.41, 5.74) is 1.44. The molecule has 4 heteroatoms. The maximum atomic E-state index is 10.9. The molecular formula is C12H12N2O2. The fraction of sp³-hybridized carbons (Fsp3) is 0.167. The van der Waals surface area contributed by atoms with Crippen LogP contribution in [0.3, 0.4) is 0 Å². The average Bonchev–Trinajstić information content (AvgIpc) is 2.70. The second-order valence-corrected chi connectivity index (χ2v) is 3.38. The first-order valence-electron chi connectivity index (χ1n) is 4.90. The third-order valence-corrected chi connectivity index (χ3v) is 2.42. The molecular weight excluding hydrogens is 204 g/mol. The number of carbonyl (C=O) groups excluding carboxylic acids is 1. The van der Waals surface area contributed by atoms with E-state index in [1.54, 1.807) is 17.9 Å². The zero-order valence-corrected chi connectivity index (χ0v) is 9.18. The van der Waals surface area contributed by atoms with Crippen LogP contribution in [0.25, 0.3) is 5.69 Å². The summed E-state index contributed by atoms with van der Waals surface area (Å²) in [5.74, 6) is 1.57. The van der Waals surface area contributed by atoms with E-state index >= 15 is 0 Å². The number of carbonyl (C=O) groups is 1. The molecule has 1 heterocycles. The number of nitrogens with zero attached hydrogens (tertiary/aromatic N) is 2. The van der Waals surface area contributed by atoms with E-state index in [0.717, 1.165) is 23.5 Å². The lowest BCUT2D eigenvalue weighted by Gasteiger charge is -2.07. The van der Waals surface area contributed by atoms with Crippen molar-refractivity contribution >= 4 is 6.29 Å². The van der Waals surface area contributed by atoms with Crippen LogP contribution >= 0.6 is 0 Å². The van der Waals surface area contributed by atoms with Gasteiger partial charge >= 0.3 is 0 Å². The highest BCUT2D eigenvalue weighted by atomic mass is 16.5. The summed E-state index contributed by atoms with van der Waals surface area (Å²) in [5, 5.41) is 0. The lowest BCUT2D eigenvalue weighted by Crippen LogP contribution is -2.01. The zero-order valence-electron chi connectivity index (χ0n) is 9.18. The van der Waals surface area contributed by atoms with Crippen molar-refractivity contribution in [2.24, 2.45) is 0 Å². The Morgan fingerprint density at radius 1 is 1.31 bits per heavy atom. The third-order valence-electron chi connectivity index (χ3n) is 2.42. The van der Waals surface area contributed by atoms with E-state index in [1.165, 1.54) is 0 Å². The summed E-state index contributed by atoms with van der Waals surface area (Å²) in [6.45, 7) is 1.86. The maximum absolute atomic E-state index is 10.9. The Balaban J connectivity index is 2.49. The minimum Gasteiger partial charge on any atom is -0.497 e. The number of rotatable bonds is 3. The van der Waals surface area contributed by atoms with E-state index in [1.807, 2.05) is 31.2 Å². The molecule has 0 saturated carbocycles. The predicted molar refractivity (Wildman–Crippen MR) is 60.2 cm³/mol. The molecule has 0 aliphatic heterocycles. The quantitative estimate of drug-likeness (QED) is 0.737. The van der Waals surface area contributed by atoms with Crippen LogP contribution in [-0.2, 0) is 0 Å². The lowest BCUT2D eigenvalue weighted by molar-refractivity contribution is 0.111. The van der Waals surface area contributed by atoms with E-state index in [0.29, 0.717) is 5.69 Å². The average molecular weight is 216 g/mol. The van der Waals surface area contributed by atoms with E-state index in [2.05, 4.69) is 4.98 Å². The summed E-state index contributed by atoms with van der Waals surface area (Å²) in [6, 6.07) is 7.48. The molecule has 2 aromatic rings. The predicted octanol–water partition coefficient (Wildman–Crippen LogP) is 2.00. The Morgan fingerprint density at radius 3 is 2.56 bits per heavy atom. The molecule has 0 fully saturated rings. The van der Waals surface area contributed by atoms with E-state index in [-0.39, 0.29) is 0 Å². The van der Waals surface area contributed by atoms with Gasteiger partial charge in [-0.1, -0.05) is 0 Å². The largest absolute Gasteiger partial charge is 0.497 e. The van der Waals surface area contributed by atoms with Gasteiger partial charge in [0.1, 0.15) is 17.3 Å². The standard InChI is InChI=1S/C12H12N2O2/c1-9-13-7-11(8-15)14(9)10-3-5-12(16-2)6-4-10/h3-8H,1-2H3. The van der Waals surface area contributed by atoms with Gasteiger partial charge in [-0.05, 0) is 31.2 Å². The summed E-state index contributed by atoms with van der Waals surface area (Å²) >= 11 is 0. The number of aromatic nitrogens is 2. The van der Waals surface area contributed by atoms with Gasteiger partial charge in [0.25, 0.3) is 0 Å². The van der Waals surface area contributed by atoms with Crippen LogP contribution in [0.15, 0.2) is 30.5 Å². The normalized spacial score (nSPS) is 10.1. The molecule has 0 unspecified atom stereocenters. The van der Waals surface area contributed by atoms with Gasteiger partial charge in [0.15, 0.2) is 6.29 Å². The molecule has 0 saturated heterocycles. The third kappa shape index (κ3) is 1.69. The van der Waals surface area contributed by atoms with Crippen LogP contribution in [0.2, 0.25) is 0 Å². The zero-order chi connectivity index (χ0) is 11.5. The van der Waals surface area contributed by atoms with Gasteiger partial charge in [0.2, 0.25) is 0 Å². The molecule has 16 heavy (non-hydrogen) atoms. The van der Waals surface area contributed by atoms with Crippen molar-refractivity contribution < 1.29 is 9.53 Å². The SMILES string of the molecule is COc1ccc(-n2c(C=O)cnc2C)cc1. The highest BCUT2D eigenvalue weighted by molar-refractivity contribution is 5.73. The van der Waals surface area contributed by atoms with Crippen molar-refractivity contribution in [1.82, 2.24) is 9.55 Å². The summed E-state index contributed by atoms with van der Waals surface area (Å²) in [7, 11) is 1.62. The van der Waals surface area contributed by atoms with Crippen LogP contribution in [0, 0.1) is 6.92 Å². The highest BCUT2D eigenvalue weighted by Gasteiger charge is 2.07. The molecule has 0 bridgehead atoms. The molecule has 0 aliphatic rings. The molecule has 1 aromatic carbocycles. The van der Waals surface area contributed by atoms with Gasteiger partial charge in [-0.25, -0.2) is 4.98 Å². The van der Waals surface area contributed by atoms with E-state index < -0.39 is 0 Å². The van der Waals surface area contributed by atoms with E-state index in [4.69, 9.17) is 4.74 Å². The monoisotopic (exact) mass is 216 g/mol. The van der Waals surface area contributed by atoms with E-state index in [9.17, 15) is 4.79 Å². The number of aryl methyl sites for hydroxylation is 1. The van der Waals surface area contributed by atoms with Crippen molar-refractivity contribution in [3.8, 4) is 11.4 Å². The van der Waals surface area contributed by atoms with Crippen molar-refractivity contribution in [2.75, 3.05) is 7.11 Å². The van der Waals surface area contributed by atoms with Gasteiger partial charge in [0.05, 0.1) is 13.3 Å². The minimum absolute atomic E-state index is 0.544. The summed E-state index contributed by atoms with van der Waals surface area (Å²) in [6.07, 6.45) is 2.36. The van der Waals surface area contributed by atoms with Crippen molar-refractivity contribution in [1.29, 1.82) is 0 Å². The first kappa shape index (κ1) is 10.4. The number of ether oxygens (including phenoxy) is 1. The Hall–Kier alpha value is -2.10. The Morgan fingerprint density at radius 2 is 2.00 bits per heavy atom. The second kappa shape index (κ2) is 4.18. The van der Waals surface area contributed by atoms with Crippen molar-refractivity contribution in [2.45, 2.75) is 6.92 Å². The molecule has 0 N–H and O–H groups in total. The number of benzene rings is 1. The van der Waals surface area contributed by atoms with Crippen LogP contribution in [0.5, 0.6) is 5.75 Å². The lowest BCUT2D eigenvalue weighted by atomic mass is 10.3. The summed E-state index contributed by atoms with van der Waals surface area (Å²) < 4.78 is 6.88. The molecule has 0 spiro atoms. The molecule has 1 aromatic heterocycles. The Bertz CT molecular complexity index is 500. The van der Waals surface area contributed by atoms with Crippen LogP contribution in [0.1, 0.15) is 16.3 Å². The Kier molecular flexibility index (Phi) is 2.72. The van der Waals surface area contributed by atoms with Crippen LogP contribution in [-0.4, -0.2) is 22.9 Å². The van der Waals surface area contributed by atoms with Crippen LogP contribution < -0.4 is 4.74 Å². The molecule has 0 atom stereocenters. The molecule has 2 rings (SSSR count). The van der Waals surface area contributed by atoms with Crippen molar-refractivity contribution in [3.63, 3.8) is 0 Å². The number of aldehydes is 1. The second-order valence-electron chi connectivity index (χ2n) is 3.38. The first-order chi connectivity index (χ1) is 7.76. The van der Waals surface area contributed by atoms with Gasteiger partial charge < -0.3 is 4.74 Å². The number of imidazole rings is 1. The molecule has 0 radical (unpaired) electrons. The summed E-state index contributed by atoms with van der Waals surface area (Å²) in [4.78, 5) is 15.0. The van der Waals surface area contributed by atoms with Gasteiger partial charge in [-0.15, -0.1) is 0 Å². The molecule has 0 amide bonds. The van der Waals surface area contributed by atoms with Crippen molar-refractivity contribution in [3.05, 3.63) is 42.0 Å².